The molecule has 0 fully saturated rings. The second-order valence-corrected chi connectivity index (χ2v) is 7.50. The highest BCUT2D eigenvalue weighted by molar-refractivity contribution is 9.10. The molecule has 2 aromatic rings. The molecule has 0 aliphatic heterocycles. The molecule has 0 saturated carbocycles. The first-order valence-electron chi connectivity index (χ1n) is 5.59. The maximum atomic E-state index is 13.7. The summed E-state index contributed by atoms with van der Waals surface area (Å²) in [4.78, 5) is -0.920. The van der Waals surface area contributed by atoms with Gasteiger partial charge >= 0.3 is 0 Å². The van der Waals surface area contributed by atoms with Crippen molar-refractivity contribution in [2.24, 2.45) is 0 Å². The first kappa shape index (κ1) is 16.2. The van der Waals surface area contributed by atoms with E-state index in [4.69, 9.17) is 15.4 Å². The van der Waals surface area contributed by atoms with Gasteiger partial charge in [-0.25, -0.2) is 12.8 Å². The quantitative estimate of drug-likeness (QED) is 0.725. The van der Waals surface area contributed by atoms with Crippen LogP contribution >= 0.6 is 26.6 Å². The van der Waals surface area contributed by atoms with E-state index in [0.717, 1.165) is 22.2 Å². The first-order valence-corrected chi connectivity index (χ1v) is 8.69. The molecule has 2 aromatic carbocycles. The minimum absolute atomic E-state index is 0.00275. The van der Waals surface area contributed by atoms with Gasteiger partial charge in [0.05, 0.1) is 0 Å². The fourth-order valence-corrected chi connectivity index (χ4v) is 2.94. The summed E-state index contributed by atoms with van der Waals surface area (Å²) >= 11 is 3.27. The highest BCUT2D eigenvalue weighted by Gasteiger charge is 2.22. The molecule has 0 amide bonds. The summed E-state index contributed by atoms with van der Waals surface area (Å²) in [6.45, 7) is 0.00275. The van der Waals surface area contributed by atoms with Gasteiger partial charge in [0.25, 0.3) is 9.05 Å². The van der Waals surface area contributed by atoms with Crippen molar-refractivity contribution in [3.05, 3.63) is 58.1 Å². The zero-order chi connectivity index (χ0) is 15.6. The van der Waals surface area contributed by atoms with Crippen molar-refractivity contribution in [1.29, 1.82) is 0 Å². The van der Waals surface area contributed by atoms with Gasteiger partial charge in [-0.05, 0) is 29.8 Å². The van der Waals surface area contributed by atoms with E-state index >= 15 is 0 Å². The average Bonchev–Trinajstić information content (AvgIpc) is 2.39. The predicted octanol–water partition coefficient (Wildman–Crippen LogP) is 4.23. The van der Waals surface area contributed by atoms with Gasteiger partial charge in [-0.2, -0.15) is 4.39 Å². The van der Waals surface area contributed by atoms with Crippen LogP contribution < -0.4 is 4.74 Å². The molecule has 0 atom stereocenters. The lowest BCUT2D eigenvalue weighted by molar-refractivity contribution is 0.283. The Bertz CT molecular complexity index is 781. The lowest BCUT2D eigenvalue weighted by Crippen LogP contribution is -2.03. The van der Waals surface area contributed by atoms with Crippen LogP contribution in [-0.4, -0.2) is 8.42 Å². The fraction of sp³-hybridized carbons (Fsp3) is 0.0769. The van der Waals surface area contributed by atoms with Gasteiger partial charge in [-0.15, -0.1) is 0 Å². The van der Waals surface area contributed by atoms with Gasteiger partial charge in [0.15, 0.2) is 11.6 Å². The van der Waals surface area contributed by atoms with E-state index in [1.165, 1.54) is 0 Å². The normalized spacial score (nSPS) is 11.4. The number of benzene rings is 2. The molecular weight excluding hydrogens is 390 g/mol. The van der Waals surface area contributed by atoms with Gasteiger partial charge in [0.2, 0.25) is 5.82 Å². The SMILES string of the molecule is O=S(=O)(Cl)c1ccc(OCc2cccc(Br)c2)c(F)c1F. The van der Waals surface area contributed by atoms with Crippen LogP contribution in [0.2, 0.25) is 0 Å². The summed E-state index contributed by atoms with van der Waals surface area (Å²) in [5.74, 6) is -3.35. The van der Waals surface area contributed by atoms with Crippen LogP contribution in [0.25, 0.3) is 0 Å². The molecule has 0 spiro atoms. The third-order valence-corrected chi connectivity index (χ3v) is 4.39. The largest absolute Gasteiger partial charge is 0.486 e. The highest BCUT2D eigenvalue weighted by atomic mass is 79.9. The van der Waals surface area contributed by atoms with E-state index in [0.29, 0.717) is 0 Å². The lowest BCUT2D eigenvalue weighted by atomic mass is 10.2. The van der Waals surface area contributed by atoms with Crippen LogP contribution in [0.5, 0.6) is 5.75 Å². The molecule has 0 aliphatic carbocycles. The van der Waals surface area contributed by atoms with Crippen molar-refractivity contribution in [2.75, 3.05) is 0 Å². The molecule has 0 heterocycles. The van der Waals surface area contributed by atoms with Crippen LogP contribution in [0.4, 0.5) is 8.78 Å². The summed E-state index contributed by atoms with van der Waals surface area (Å²) in [5.41, 5.74) is 0.734. The van der Waals surface area contributed by atoms with Crippen molar-refractivity contribution >= 4 is 35.7 Å². The number of halogens is 4. The molecule has 112 valence electrons. The third-order valence-electron chi connectivity index (χ3n) is 2.56. The molecule has 0 aliphatic rings. The Morgan fingerprint density at radius 3 is 2.48 bits per heavy atom. The first-order chi connectivity index (χ1) is 9.79. The Morgan fingerprint density at radius 1 is 1.14 bits per heavy atom. The molecule has 0 aromatic heterocycles. The Labute approximate surface area is 133 Å². The van der Waals surface area contributed by atoms with E-state index in [2.05, 4.69) is 15.9 Å². The number of ether oxygens (including phenoxy) is 1. The zero-order valence-electron chi connectivity index (χ0n) is 10.3. The van der Waals surface area contributed by atoms with Gasteiger partial charge < -0.3 is 4.74 Å². The smallest absolute Gasteiger partial charge is 0.264 e. The molecular formula is C13H8BrClF2O3S. The summed E-state index contributed by atoms with van der Waals surface area (Å²) in [5, 5.41) is 0. The Hall–Kier alpha value is -1.18. The molecule has 0 unspecified atom stereocenters. The highest BCUT2D eigenvalue weighted by Crippen LogP contribution is 2.28. The van der Waals surface area contributed by atoms with E-state index in [1.54, 1.807) is 18.2 Å². The maximum absolute atomic E-state index is 13.7. The minimum Gasteiger partial charge on any atom is -0.486 e. The van der Waals surface area contributed by atoms with Crippen molar-refractivity contribution in [3.8, 4) is 5.75 Å². The van der Waals surface area contributed by atoms with Crippen LogP contribution in [0.1, 0.15) is 5.56 Å². The van der Waals surface area contributed by atoms with E-state index in [9.17, 15) is 17.2 Å². The molecule has 8 heteroatoms. The van der Waals surface area contributed by atoms with Gasteiger partial charge in [-0.3, -0.25) is 0 Å². The molecule has 3 nitrogen and oxygen atoms in total. The summed E-state index contributed by atoms with van der Waals surface area (Å²) in [7, 11) is 0.648. The molecule has 0 bridgehead atoms. The van der Waals surface area contributed by atoms with E-state index in [1.807, 2.05) is 6.07 Å². The van der Waals surface area contributed by atoms with Gasteiger partial charge in [0.1, 0.15) is 11.5 Å². The fourth-order valence-electron chi connectivity index (χ4n) is 1.60. The standard InChI is InChI=1S/C13H8BrClF2O3S/c14-9-3-1-2-8(6-9)7-20-10-4-5-11(21(15,18)19)13(17)12(10)16/h1-6H,7H2. The van der Waals surface area contributed by atoms with Crippen molar-refractivity contribution in [1.82, 2.24) is 0 Å². The number of hydrogen-bond acceptors (Lipinski definition) is 3. The van der Waals surface area contributed by atoms with E-state index < -0.39 is 31.3 Å². The monoisotopic (exact) mass is 396 g/mol. The molecule has 0 N–H and O–H groups in total. The number of rotatable bonds is 4. The molecule has 2 rings (SSSR count). The second kappa shape index (κ2) is 6.29. The van der Waals surface area contributed by atoms with Crippen molar-refractivity contribution < 1.29 is 21.9 Å². The molecule has 0 saturated heterocycles. The topological polar surface area (TPSA) is 43.4 Å². The second-order valence-electron chi connectivity index (χ2n) is 4.05. The molecule has 21 heavy (non-hydrogen) atoms. The lowest BCUT2D eigenvalue weighted by Gasteiger charge is -2.09. The van der Waals surface area contributed by atoms with Crippen molar-refractivity contribution in [2.45, 2.75) is 11.5 Å². The zero-order valence-corrected chi connectivity index (χ0v) is 13.5. The Morgan fingerprint density at radius 2 is 1.86 bits per heavy atom. The molecule has 0 radical (unpaired) electrons. The predicted molar refractivity (Wildman–Crippen MR) is 77.9 cm³/mol. The van der Waals surface area contributed by atoms with Gasteiger partial charge in [0, 0.05) is 15.2 Å². The third kappa shape index (κ3) is 3.93. The van der Waals surface area contributed by atoms with E-state index in [-0.39, 0.29) is 6.61 Å². The van der Waals surface area contributed by atoms with Crippen molar-refractivity contribution in [3.63, 3.8) is 0 Å². The summed E-state index contributed by atoms with van der Waals surface area (Å²) in [6, 6.07) is 8.96. The van der Waals surface area contributed by atoms with Crippen LogP contribution in [0, 0.1) is 11.6 Å². The minimum atomic E-state index is -4.35. The maximum Gasteiger partial charge on any atom is 0.264 e. The summed E-state index contributed by atoms with van der Waals surface area (Å²) < 4.78 is 55.4. The van der Waals surface area contributed by atoms with Crippen LogP contribution in [0.15, 0.2) is 45.8 Å². The van der Waals surface area contributed by atoms with Crippen LogP contribution in [0.3, 0.4) is 0 Å². The Balaban J connectivity index is 2.24. The summed E-state index contributed by atoms with van der Waals surface area (Å²) in [6.07, 6.45) is 0. The number of hydrogen-bond donors (Lipinski definition) is 0. The average molecular weight is 398 g/mol. The van der Waals surface area contributed by atoms with Gasteiger partial charge in [-0.1, -0.05) is 28.1 Å². The van der Waals surface area contributed by atoms with Crippen LogP contribution in [-0.2, 0) is 15.7 Å². The Kier molecular flexibility index (Phi) is 4.85.